The van der Waals surface area contributed by atoms with Gasteiger partial charge in [0, 0.05) is 12.5 Å². The van der Waals surface area contributed by atoms with Crippen molar-refractivity contribution in [2.75, 3.05) is 20.3 Å². The first-order valence-electron chi connectivity index (χ1n) is 5.80. The summed E-state index contributed by atoms with van der Waals surface area (Å²) in [5, 5.41) is 0. The smallest absolute Gasteiger partial charge is 0.167 e. The van der Waals surface area contributed by atoms with Crippen molar-refractivity contribution in [3.63, 3.8) is 0 Å². The number of methoxy groups -OCH3 is 1. The predicted octanol–water partition coefficient (Wildman–Crippen LogP) is 1.85. The van der Waals surface area contributed by atoms with Crippen LogP contribution in [0.4, 0.5) is 0 Å². The quantitative estimate of drug-likeness (QED) is 0.868. The van der Waals surface area contributed by atoms with Gasteiger partial charge in [-0.1, -0.05) is 12.1 Å². The van der Waals surface area contributed by atoms with E-state index in [1.54, 1.807) is 7.11 Å². The van der Waals surface area contributed by atoms with Gasteiger partial charge in [0.25, 0.3) is 0 Å². The molecular weight excluding hydrogens is 218 g/mol. The fourth-order valence-corrected chi connectivity index (χ4v) is 2.06. The molecule has 0 saturated carbocycles. The van der Waals surface area contributed by atoms with Crippen molar-refractivity contribution in [2.45, 2.75) is 25.2 Å². The van der Waals surface area contributed by atoms with E-state index < -0.39 is 5.79 Å². The molecule has 0 aliphatic carbocycles. The first kappa shape index (κ1) is 12.4. The Morgan fingerprint density at radius 2 is 2.12 bits per heavy atom. The fraction of sp³-hybridized carbons (Fsp3) is 0.538. The van der Waals surface area contributed by atoms with Crippen molar-refractivity contribution in [3.05, 3.63) is 29.8 Å². The molecule has 2 N–H and O–H groups in total. The lowest BCUT2D eigenvalue weighted by molar-refractivity contribution is -0.150. The van der Waals surface area contributed by atoms with Crippen molar-refractivity contribution < 1.29 is 14.2 Å². The molecule has 94 valence electrons. The Bertz CT molecular complexity index is 375. The van der Waals surface area contributed by atoms with E-state index in [0.29, 0.717) is 19.6 Å². The molecule has 1 aliphatic heterocycles. The molecule has 17 heavy (non-hydrogen) atoms. The Hall–Kier alpha value is -1.10. The van der Waals surface area contributed by atoms with Crippen molar-refractivity contribution in [1.82, 2.24) is 0 Å². The van der Waals surface area contributed by atoms with Crippen LogP contribution in [0.15, 0.2) is 24.3 Å². The molecule has 1 atom stereocenters. The van der Waals surface area contributed by atoms with Gasteiger partial charge < -0.3 is 19.9 Å². The Morgan fingerprint density at radius 1 is 1.41 bits per heavy atom. The summed E-state index contributed by atoms with van der Waals surface area (Å²) in [6, 6.07) is 7.66. The molecule has 0 spiro atoms. The maximum atomic E-state index is 6.17. The number of ether oxygens (including phenoxy) is 3. The van der Waals surface area contributed by atoms with E-state index in [0.717, 1.165) is 11.3 Å². The third kappa shape index (κ3) is 2.97. The molecule has 0 aromatic heterocycles. The molecule has 1 fully saturated rings. The minimum atomic E-state index is -0.553. The second-order valence-corrected chi connectivity index (χ2v) is 4.42. The highest BCUT2D eigenvalue weighted by molar-refractivity contribution is 5.30. The molecule has 1 heterocycles. The van der Waals surface area contributed by atoms with E-state index in [4.69, 9.17) is 19.9 Å². The highest BCUT2D eigenvalue weighted by Gasteiger charge is 2.33. The van der Waals surface area contributed by atoms with E-state index in [1.165, 1.54) is 0 Å². The molecule has 4 nitrogen and oxygen atoms in total. The van der Waals surface area contributed by atoms with Crippen LogP contribution in [-0.4, -0.2) is 26.1 Å². The largest absolute Gasteiger partial charge is 0.497 e. The third-order valence-electron chi connectivity index (χ3n) is 3.01. The molecule has 1 unspecified atom stereocenters. The number of hydrogen-bond acceptors (Lipinski definition) is 4. The SMILES string of the molecule is COc1cccc(C(N)CC2(C)OCCO2)c1. The van der Waals surface area contributed by atoms with Crippen LogP contribution in [0.1, 0.15) is 24.9 Å². The van der Waals surface area contributed by atoms with Gasteiger partial charge in [0.05, 0.1) is 20.3 Å². The van der Waals surface area contributed by atoms with Crippen molar-refractivity contribution in [3.8, 4) is 5.75 Å². The van der Waals surface area contributed by atoms with E-state index in [9.17, 15) is 0 Å². The van der Waals surface area contributed by atoms with Gasteiger partial charge in [-0.2, -0.15) is 0 Å². The monoisotopic (exact) mass is 237 g/mol. The van der Waals surface area contributed by atoms with Crippen LogP contribution in [0, 0.1) is 0 Å². The average Bonchev–Trinajstić information content (AvgIpc) is 2.76. The zero-order valence-electron chi connectivity index (χ0n) is 10.3. The Kier molecular flexibility index (Phi) is 3.66. The van der Waals surface area contributed by atoms with Gasteiger partial charge in [-0.15, -0.1) is 0 Å². The van der Waals surface area contributed by atoms with E-state index in [-0.39, 0.29) is 6.04 Å². The summed E-state index contributed by atoms with van der Waals surface area (Å²) in [4.78, 5) is 0. The third-order valence-corrected chi connectivity index (χ3v) is 3.01. The second kappa shape index (κ2) is 5.04. The second-order valence-electron chi connectivity index (χ2n) is 4.42. The zero-order chi connectivity index (χ0) is 12.3. The summed E-state index contributed by atoms with van der Waals surface area (Å²) in [5.41, 5.74) is 7.20. The van der Waals surface area contributed by atoms with Crippen molar-refractivity contribution in [1.29, 1.82) is 0 Å². The molecule has 1 aromatic carbocycles. The van der Waals surface area contributed by atoms with Gasteiger partial charge in [0.15, 0.2) is 5.79 Å². The molecule has 1 saturated heterocycles. The summed E-state index contributed by atoms with van der Waals surface area (Å²) in [6.45, 7) is 3.21. The lowest BCUT2D eigenvalue weighted by Gasteiger charge is -2.26. The maximum Gasteiger partial charge on any atom is 0.167 e. The van der Waals surface area contributed by atoms with Gasteiger partial charge in [0.1, 0.15) is 5.75 Å². The van der Waals surface area contributed by atoms with Crippen molar-refractivity contribution in [2.24, 2.45) is 5.73 Å². The van der Waals surface area contributed by atoms with E-state index in [1.807, 2.05) is 31.2 Å². The minimum absolute atomic E-state index is 0.117. The lowest BCUT2D eigenvalue weighted by atomic mass is 10.00. The molecule has 2 rings (SSSR count). The minimum Gasteiger partial charge on any atom is -0.497 e. The molecule has 0 amide bonds. The van der Waals surface area contributed by atoms with Crippen LogP contribution in [0.2, 0.25) is 0 Å². The number of hydrogen-bond donors (Lipinski definition) is 1. The van der Waals surface area contributed by atoms with Gasteiger partial charge >= 0.3 is 0 Å². The van der Waals surface area contributed by atoms with Crippen molar-refractivity contribution >= 4 is 0 Å². The molecule has 0 bridgehead atoms. The summed E-state index contributed by atoms with van der Waals surface area (Å²) in [7, 11) is 1.65. The summed E-state index contributed by atoms with van der Waals surface area (Å²) in [6.07, 6.45) is 0.639. The van der Waals surface area contributed by atoms with E-state index in [2.05, 4.69) is 0 Å². The molecule has 4 heteroatoms. The highest BCUT2D eigenvalue weighted by atomic mass is 16.7. The molecule has 1 aliphatic rings. The van der Waals surface area contributed by atoms with Crippen LogP contribution in [0.25, 0.3) is 0 Å². The molecule has 1 aromatic rings. The van der Waals surface area contributed by atoms with Gasteiger partial charge in [-0.05, 0) is 24.6 Å². The average molecular weight is 237 g/mol. The lowest BCUT2D eigenvalue weighted by Crippen LogP contribution is -2.31. The van der Waals surface area contributed by atoms with Crippen LogP contribution in [0.5, 0.6) is 5.75 Å². The van der Waals surface area contributed by atoms with Crippen LogP contribution in [0.3, 0.4) is 0 Å². The summed E-state index contributed by atoms with van der Waals surface area (Å²) >= 11 is 0. The van der Waals surface area contributed by atoms with Crippen LogP contribution in [-0.2, 0) is 9.47 Å². The summed E-state index contributed by atoms with van der Waals surface area (Å²) < 4.78 is 16.3. The van der Waals surface area contributed by atoms with Gasteiger partial charge in [0.2, 0.25) is 0 Å². The number of benzene rings is 1. The number of rotatable bonds is 4. The Labute approximate surface area is 102 Å². The first-order valence-corrected chi connectivity index (χ1v) is 5.80. The highest BCUT2D eigenvalue weighted by Crippen LogP contribution is 2.30. The van der Waals surface area contributed by atoms with Gasteiger partial charge in [-0.3, -0.25) is 0 Å². The van der Waals surface area contributed by atoms with Gasteiger partial charge in [-0.25, -0.2) is 0 Å². The van der Waals surface area contributed by atoms with E-state index >= 15 is 0 Å². The standard InChI is InChI=1S/C13H19NO3/c1-13(16-6-7-17-13)9-12(14)10-4-3-5-11(8-10)15-2/h3-5,8,12H,6-7,9,14H2,1-2H3. The van der Waals surface area contributed by atoms with Crippen LogP contribution >= 0.6 is 0 Å². The first-order chi connectivity index (χ1) is 8.13. The fourth-order valence-electron chi connectivity index (χ4n) is 2.06. The predicted molar refractivity (Wildman–Crippen MR) is 64.8 cm³/mol. The normalized spacial score (nSPS) is 20.2. The van der Waals surface area contributed by atoms with Crippen LogP contribution < -0.4 is 10.5 Å². The molecule has 0 radical (unpaired) electrons. The zero-order valence-corrected chi connectivity index (χ0v) is 10.3. The Morgan fingerprint density at radius 3 is 2.76 bits per heavy atom. The molecular formula is C13H19NO3. The topological polar surface area (TPSA) is 53.7 Å². The Balaban J connectivity index is 2.05. The number of nitrogens with two attached hydrogens (primary N) is 1. The maximum absolute atomic E-state index is 6.17. The summed E-state index contributed by atoms with van der Waals surface area (Å²) in [5.74, 6) is 0.263.